The van der Waals surface area contributed by atoms with Gasteiger partial charge in [0.25, 0.3) is 5.91 Å². The molecule has 1 amide bonds. The molecule has 0 aliphatic rings. The van der Waals surface area contributed by atoms with E-state index in [1.165, 1.54) is 31.4 Å². The zero-order chi connectivity index (χ0) is 13.7. The first-order valence-corrected chi connectivity index (χ1v) is 4.86. The minimum atomic E-state index is -1.97. The molecule has 0 saturated heterocycles. The lowest BCUT2D eigenvalue weighted by atomic mass is 10.2. The number of hydrogen-bond donors (Lipinski definition) is 3. The van der Waals surface area contributed by atoms with Gasteiger partial charge in [-0.25, -0.2) is 9.59 Å². The normalized spacial score (nSPS) is 9.89. The molecule has 0 atom stereocenters. The molecule has 1 rings (SSSR count). The Morgan fingerprint density at radius 3 is 2.00 bits per heavy atom. The van der Waals surface area contributed by atoms with Crippen LogP contribution in [0.2, 0.25) is 0 Å². The molecule has 0 fully saturated rings. The van der Waals surface area contributed by atoms with Crippen LogP contribution in [0.3, 0.4) is 0 Å². The predicted octanol–water partition coefficient (Wildman–Crippen LogP) is -0.0372. The number of ether oxygens (including phenoxy) is 1. The molecular formula is C11H11NO6. The highest BCUT2D eigenvalue weighted by Crippen LogP contribution is 2.11. The molecule has 0 aromatic heterocycles. The quantitative estimate of drug-likeness (QED) is 0.635. The Bertz CT molecular complexity index is 453. The molecule has 96 valence electrons. The zero-order valence-electron chi connectivity index (χ0n) is 9.41. The number of carboxylic acid groups (broad SMARTS) is 2. The lowest BCUT2D eigenvalue weighted by Crippen LogP contribution is -2.46. The topological polar surface area (TPSA) is 113 Å². The van der Waals surface area contributed by atoms with Crippen molar-refractivity contribution in [2.24, 2.45) is 0 Å². The van der Waals surface area contributed by atoms with E-state index >= 15 is 0 Å². The standard InChI is InChI=1S/C11H11NO6/c1-18-7-4-2-6(3-5-7)9(13)12-8(10(14)15)11(16)17/h2-5,8H,1H3,(H,12,13)(H,14,15)(H,16,17). The second-order valence-electron chi connectivity index (χ2n) is 3.31. The van der Waals surface area contributed by atoms with Crippen molar-refractivity contribution in [1.82, 2.24) is 5.32 Å². The number of aliphatic carboxylic acids is 2. The first-order valence-electron chi connectivity index (χ1n) is 4.86. The number of nitrogens with one attached hydrogen (secondary N) is 1. The maximum Gasteiger partial charge on any atom is 0.338 e. The van der Waals surface area contributed by atoms with Crippen LogP contribution in [-0.2, 0) is 9.59 Å². The molecule has 3 N–H and O–H groups in total. The van der Waals surface area contributed by atoms with Gasteiger partial charge in [-0.1, -0.05) is 0 Å². The third-order valence-electron chi connectivity index (χ3n) is 2.12. The SMILES string of the molecule is COc1ccc(C(=O)NC(C(=O)O)C(=O)O)cc1. The van der Waals surface area contributed by atoms with Gasteiger partial charge in [0.15, 0.2) is 0 Å². The second kappa shape index (κ2) is 5.67. The first kappa shape index (κ1) is 13.5. The van der Waals surface area contributed by atoms with E-state index in [2.05, 4.69) is 0 Å². The average molecular weight is 253 g/mol. The Hall–Kier alpha value is -2.57. The first-order chi connectivity index (χ1) is 8.45. The number of carboxylic acids is 2. The van der Waals surface area contributed by atoms with Crippen molar-refractivity contribution < 1.29 is 29.3 Å². The predicted molar refractivity (Wildman–Crippen MR) is 59.5 cm³/mol. The third kappa shape index (κ3) is 3.21. The van der Waals surface area contributed by atoms with Crippen molar-refractivity contribution in [2.45, 2.75) is 6.04 Å². The highest BCUT2D eigenvalue weighted by Gasteiger charge is 2.27. The van der Waals surface area contributed by atoms with E-state index in [0.29, 0.717) is 5.75 Å². The second-order valence-corrected chi connectivity index (χ2v) is 3.31. The number of benzene rings is 1. The van der Waals surface area contributed by atoms with Crippen LogP contribution in [0.15, 0.2) is 24.3 Å². The van der Waals surface area contributed by atoms with Crippen LogP contribution in [0, 0.1) is 0 Å². The smallest absolute Gasteiger partial charge is 0.338 e. The van der Waals surface area contributed by atoms with Crippen molar-refractivity contribution in [3.8, 4) is 5.75 Å². The fourth-order valence-corrected chi connectivity index (χ4v) is 1.19. The summed E-state index contributed by atoms with van der Waals surface area (Å²) in [5.41, 5.74) is 0.142. The van der Waals surface area contributed by atoms with Crippen molar-refractivity contribution >= 4 is 17.8 Å². The average Bonchev–Trinajstić information content (AvgIpc) is 2.35. The van der Waals surface area contributed by atoms with Crippen LogP contribution < -0.4 is 10.1 Å². The van der Waals surface area contributed by atoms with Gasteiger partial charge in [-0.05, 0) is 24.3 Å². The van der Waals surface area contributed by atoms with E-state index in [1.807, 2.05) is 5.32 Å². The highest BCUT2D eigenvalue weighted by atomic mass is 16.5. The molecular weight excluding hydrogens is 242 g/mol. The van der Waals surface area contributed by atoms with Gasteiger partial charge in [0.1, 0.15) is 5.75 Å². The van der Waals surface area contributed by atoms with E-state index in [0.717, 1.165) is 0 Å². The van der Waals surface area contributed by atoms with Crippen LogP contribution in [0.5, 0.6) is 5.75 Å². The van der Waals surface area contributed by atoms with Gasteiger partial charge >= 0.3 is 11.9 Å². The molecule has 0 heterocycles. The van der Waals surface area contributed by atoms with Crippen molar-refractivity contribution in [3.63, 3.8) is 0 Å². The summed E-state index contributed by atoms with van der Waals surface area (Å²) in [6.45, 7) is 0. The van der Waals surface area contributed by atoms with Gasteiger partial charge in [-0.3, -0.25) is 4.79 Å². The van der Waals surface area contributed by atoms with E-state index in [4.69, 9.17) is 14.9 Å². The van der Waals surface area contributed by atoms with Crippen LogP contribution in [-0.4, -0.2) is 41.2 Å². The van der Waals surface area contributed by atoms with Crippen molar-refractivity contribution in [1.29, 1.82) is 0 Å². The van der Waals surface area contributed by atoms with Crippen molar-refractivity contribution in [3.05, 3.63) is 29.8 Å². The van der Waals surface area contributed by atoms with E-state index in [1.54, 1.807) is 0 Å². The molecule has 0 radical (unpaired) electrons. The molecule has 0 spiro atoms. The van der Waals surface area contributed by atoms with Crippen LogP contribution >= 0.6 is 0 Å². The lowest BCUT2D eigenvalue weighted by molar-refractivity contribution is -0.150. The minimum absolute atomic E-state index is 0.142. The summed E-state index contributed by atoms with van der Waals surface area (Å²) in [7, 11) is 1.46. The number of carbonyl (C=O) groups is 3. The monoisotopic (exact) mass is 253 g/mol. The molecule has 1 aromatic carbocycles. The summed E-state index contributed by atoms with van der Waals surface area (Å²) in [6, 6.07) is 3.83. The molecule has 1 aromatic rings. The maximum atomic E-state index is 11.6. The zero-order valence-corrected chi connectivity index (χ0v) is 9.41. The van der Waals surface area contributed by atoms with Crippen molar-refractivity contribution in [2.75, 3.05) is 7.11 Å². The van der Waals surface area contributed by atoms with Crippen LogP contribution in [0.25, 0.3) is 0 Å². The number of hydrogen-bond acceptors (Lipinski definition) is 4. The largest absolute Gasteiger partial charge is 0.497 e. The Morgan fingerprint density at radius 2 is 1.61 bits per heavy atom. The fourth-order valence-electron chi connectivity index (χ4n) is 1.19. The Morgan fingerprint density at radius 1 is 1.11 bits per heavy atom. The van der Waals surface area contributed by atoms with Gasteiger partial charge in [0.05, 0.1) is 7.11 Å². The van der Waals surface area contributed by atoms with Gasteiger partial charge in [0, 0.05) is 5.56 Å². The van der Waals surface area contributed by atoms with Gasteiger partial charge in [-0.15, -0.1) is 0 Å². The van der Waals surface area contributed by atoms with E-state index in [-0.39, 0.29) is 5.56 Å². The summed E-state index contributed by atoms with van der Waals surface area (Å²) in [4.78, 5) is 32.8. The highest BCUT2D eigenvalue weighted by molar-refractivity contribution is 6.04. The summed E-state index contributed by atoms with van der Waals surface area (Å²) in [5.74, 6) is -3.53. The molecule has 0 unspecified atom stereocenters. The number of amides is 1. The fraction of sp³-hybridized carbons (Fsp3) is 0.182. The molecule has 18 heavy (non-hydrogen) atoms. The molecule has 7 heteroatoms. The van der Waals surface area contributed by atoms with Gasteiger partial charge in [-0.2, -0.15) is 0 Å². The summed E-state index contributed by atoms with van der Waals surface area (Å²) >= 11 is 0. The van der Waals surface area contributed by atoms with Gasteiger partial charge in [0.2, 0.25) is 6.04 Å². The molecule has 0 aliphatic carbocycles. The number of methoxy groups -OCH3 is 1. The van der Waals surface area contributed by atoms with Crippen LogP contribution in [0.4, 0.5) is 0 Å². The minimum Gasteiger partial charge on any atom is -0.497 e. The molecule has 0 saturated carbocycles. The lowest BCUT2D eigenvalue weighted by Gasteiger charge is -2.10. The molecule has 7 nitrogen and oxygen atoms in total. The van der Waals surface area contributed by atoms with Gasteiger partial charge < -0.3 is 20.3 Å². The number of carbonyl (C=O) groups excluding carboxylic acids is 1. The molecule has 0 aliphatic heterocycles. The van der Waals surface area contributed by atoms with E-state index < -0.39 is 23.9 Å². The summed E-state index contributed by atoms with van der Waals surface area (Å²) in [6.07, 6.45) is 0. The number of rotatable bonds is 5. The molecule has 0 bridgehead atoms. The Balaban J connectivity index is 2.80. The maximum absolute atomic E-state index is 11.6. The summed E-state index contributed by atoms with van der Waals surface area (Å²) < 4.78 is 4.89. The Kier molecular flexibility index (Phi) is 4.25. The summed E-state index contributed by atoms with van der Waals surface area (Å²) in [5, 5.41) is 19.1. The van der Waals surface area contributed by atoms with E-state index in [9.17, 15) is 14.4 Å². The Labute approximate surface area is 102 Å². The third-order valence-corrected chi connectivity index (χ3v) is 2.12. The van der Waals surface area contributed by atoms with Crippen LogP contribution in [0.1, 0.15) is 10.4 Å².